The number of rotatable bonds is 2. The maximum Gasteiger partial charge on any atom is 0.203 e. The molecule has 0 fully saturated rings. The van der Waals surface area contributed by atoms with Crippen LogP contribution in [0.4, 0.5) is 0 Å². The number of hydrogen-bond donors (Lipinski definition) is 0. The Morgan fingerprint density at radius 2 is 2.20 bits per heavy atom. The van der Waals surface area contributed by atoms with Gasteiger partial charge in [0.1, 0.15) is 34.1 Å². The minimum atomic E-state index is -0.153. The summed E-state index contributed by atoms with van der Waals surface area (Å²) < 4.78 is 12.2. The van der Waals surface area contributed by atoms with Gasteiger partial charge < -0.3 is 13.7 Å². The molecule has 1 aromatic carbocycles. The van der Waals surface area contributed by atoms with Crippen LogP contribution >= 0.6 is 11.6 Å². The number of nitrogens with zero attached hydrogens (tertiary/aromatic N) is 2. The summed E-state index contributed by atoms with van der Waals surface area (Å²) in [6.45, 7) is 0. The number of benzene rings is 1. The van der Waals surface area contributed by atoms with Crippen LogP contribution in [-0.4, -0.2) is 16.7 Å². The van der Waals surface area contributed by atoms with Crippen LogP contribution in [0.2, 0.25) is 5.15 Å². The van der Waals surface area contributed by atoms with Crippen molar-refractivity contribution < 1.29 is 9.15 Å². The molecule has 0 bridgehead atoms. The third kappa shape index (κ3) is 1.87. The lowest BCUT2D eigenvalue weighted by Crippen LogP contribution is -2.08. The average molecular weight is 291 g/mol. The molecule has 3 rings (SSSR count). The van der Waals surface area contributed by atoms with Gasteiger partial charge in [0.15, 0.2) is 0 Å². The van der Waals surface area contributed by atoms with Crippen molar-refractivity contribution in [2.75, 3.05) is 7.11 Å². The Morgan fingerprint density at radius 1 is 1.40 bits per heavy atom. The van der Waals surface area contributed by atoms with E-state index in [2.05, 4.69) is 4.98 Å². The summed E-state index contributed by atoms with van der Waals surface area (Å²) in [5.41, 5.74) is 0.690. The molecule has 3 aromatic rings. The van der Waals surface area contributed by atoms with Crippen LogP contribution in [0.15, 0.2) is 39.9 Å². The molecule has 102 valence electrons. The summed E-state index contributed by atoms with van der Waals surface area (Å²) in [6, 6.07) is 5.06. The largest absolute Gasteiger partial charge is 0.497 e. The van der Waals surface area contributed by atoms with Gasteiger partial charge in [0, 0.05) is 13.1 Å². The van der Waals surface area contributed by atoms with E-state index in [-0.39, 0.29) is 5.43 Å². The fraction of sp³-hybridized carbons (Fsp3) is 0.143. The molecule has 0 saturated carbocycles. The summed E-state index contributed by atoms with van der Waals surface area (Å²) in [5, 5.41) is 0.927. The van der Waals surface area contributed by atoms with Crippen molar-refractivity contribution in [3.05, 3.63) is 46.0 Å². The van der Waals surface area contributed by atoms with Crippen molar-refractivity contribution in [1.82, 2.24) is 9.55 Å². The fourth-order valence-corrected chi connectivity index (χ4v) is 2.16. The molecule has 0 aliphatic rings. The molecule has 0 atom stereocenters. The van der Waals surface area contributed by atoms with E-state index >= 15 is 0 Å². The van der Waals surface area contributed by atoms with E-state index in [0.29, 0.717) is 33.3 Å². The third-order valence-electron chi connectivity index (χ3n) is 3.15. The Balaban J connectivity index is 2.27. The van der Waals surface area contributed by atoms with Gasteiger partial charge in [0.2, 0.25) is 5.43 Å². The van der Waals surface area contributed by atoms with Gasteiger partial charge in [-0.25, -0.2) is 4.98 Å². The SMILES string of the molecule is COc1ccc2c(=O)c(-c3ncc(Cl)n3C)coc2c1. The molecule has 5 nitrogen and oxygen atoms in total. The Labute approximate surface area is 119 Å². The van der Waals surface area contributed by atoms with Gasteiger partial charge in [0.25, 0.3) is 0 Å². The smallest absolute Gasteiger partial charge is 0.203 e. The fourth-order valence-electron chi connectivity index (χ4n) is 2.03. The second-order valence-electron chi connectivity index (χ2n) is 4.30. The van der Waals surface area contributed by atoms with Gasteiger partial charge in [-0.2, -0.15) is 0 Å². The Morgan fingerprint density at radius 3 is 2.85 bits per heavy atom. The summed E-state index contributed by atoms with van der Waals surface area (Å²) in [4.78, 5) is 16.6. The first kappa shape index (κ1) is 12.7. The number of methoxy groups -OCH3 is 1. The molecule has 0 aliphatic carbocycles. The van der Waals surface area contributed by atoms with Crippen molar-refractivity contribution in [1.29, 1.82) is 0 Å². The first-order valence-corrected chi connectivity index (χ1v) is 6.26. The van der Waals surface area contributed by atoms with Gasteiger partial charge in [-0.1, -0.05) is 11.6 Å². The maximum absolute atomic E-state index is 12.5. The quantitative estimate of drug-likeness (QED) is 0.728. The second kappa shape index (κ2) is 4.68. The molecule has 0 amide bonds. The molecule has 2 heterocycles. The zero-order chi connectivity index (χ0) is 14.3. The number of imidazole rings is 1. The summed E-state index contributed by atoms with van der Waals surface area (Å²) in [7, 11) is 3.30. The van der Waals surface area contributed by atoms with E-state index in [0.717, 1.165) is 0 Å². The van der Waals surface area contributed by atoms with Crippen molar-refractivity contribution in [3.63, 3.8) is 0 Å². The number of hydrogen-bond acceptors (Lipinski definition) is 4. The highest BCUT2D eigenvalue weighted by atomic mass is 35.5. The van der Waals surface area contributed by atoms with E-state index in [1.807, 2.05) is 0 Å². The summed E-state index contributed by atoms with van der Waals surface area (Å²) in [5.74, 6) is 1.11. The third-order valence-corrected chi connectivity index (χ3v) is 3.51. The topological polar surface area (TPSA) is 57.3 Å². The van der Waals surface area contributed by atoms with Gasteiger partial charge in [0.05, 0.1) is 18.7 Å². The molecule has 0 N–H and O–H groups in total. The first-order chi connectivity index (χ1) is 9.61. The normalized spacial score (nSPS) is 10.9. The second-order valence-corrected chi connectivity index (χ2v) is 4.69. The zero-order valence-corrected chi connectivity index (χ0v) is 11.6. The highest BCUT2D eigenvalue weighted by molar-refractivity contribution is 6.29. The summed E-state index contributed by atoms with van der Waals surface area (Å²) in [6.07, 6.45) is 2.89. The van der Waals surface area contributed by atoms with E-state index in [4.69, 9.17) is 20.8 Å². The van der Waals surface area contributed by atoms with Crippen LogP contribution in [0, 0.1) is 0 Å². The minimum absolute atomic E-state index is 0.153. The van der Waals surface area contributed by atoms with Gasteiger partial charge in [-0.15, -0.1) is 0 Å². The van der Waals surface area contributed by atoms with Crippen molar-refractivity contribution >= 4 is 22.6 Å². The van der Waals surface area contributed by atoms with Crippen molar-refractivity contribution in [2.24, 2.45) is 7.05 Å². The lowest BCUT2D eigenvalue weighted by atomic mass is 10.1. The standard InChI is InChI=1S/C14H11ClN2O3/c1-17-12(15)6-16-14(17)10-7-20-11-5-8(19-2)3-4-9(11)13(10)18/h3-7H,1-2H3. The molecular weight excluding hydrogens is 280 g/mol. The van der Waals surface area contributed by atoms with Crippen LogP contribution in [-0.2, 0) is 7.05 Å². The van der Waals surface area contributed by atoms with Gasteiger partial charge >= 0.3 is 0 Å². The molecule has 0 saturated heterocycles. The minimum Gasteiger partial charge on any atom is -0.497 e. The predicted molar refractivity (Wildman–Crippen MR) is 76.2 cm³/mol. The van der Waals surface area contributed by atoms with Crippen molar-refractivity contribution in [2.45, 2.75) is 0 Å². The lowest BCUT2D eigenvalue weighted by Gasteiger charge is -2.04. The van der Waals surface area contributed by atoms with Gasteiger partial charge in [-0.3, -0.25) is 4.79 Å². The zero-order valence-electron chi connectivity index (χ0n) is 10.9. The molecule has 2 aromatic heterocycles. The molecular formula is C14H11ClN2O3. The average Bonchev–Trinajstić information content (AvgIpc) is 2.79. The number of halogens is 1. The Hall–Kier alpha value is -2.27. The molecule has 0 aliphatic heterocycles. The highest BCUT2D eigenvalue weighted by Crippen LogP contribution is 2.23. The Bertz CT molecular complexity index is 851. The maximum atomic E-state index is 12.5. The summed E-state index contributed by atoms with van der Waals surface area (Å²) >= 11 is 5.94. The molecule has 0 radical (unpaired) electrons. The number of aromatic nitrogens is 2. The molecule has 20 heavy (non-hydrogen) atoms. The van der Waals surface area contributed by atoms with Crippen molar-refractivity contribution in [3.8, 4) is 17.1 Å². The number of ether oxygens (including phenoxy) is 1. The molecule has 0 spiro atoms. The first-order valence-electron chi connectivity index (χ1n) is 5.89. The van der Waals surface area contributed by atoms with Crippen LogP contribution in [0.1, 0.15) is 0 Å². The lowest BCUT2D eigenvalue weighted by molar-refractivity contribution is 0.414. The molecule has 0 unspecified atom stereocenters. The van der Waals surface area contributed by atoms with E-state index < -0.39 is 0 Å². The van der Waals surface area contributed by atoms with Gasteiger partial charge in [-0.05, 0) is 12.1 Å². The number of fused-ring (bicyclic) bond motifs is 1. The van der Waals surface area contributed by atoms with Crippen LogP contribution in [0.5, 0.6) is 5.75 Å². The van der Waals surface area contributed by atoms with E-state index in [9.17, 15) is 4.79 Å². The monoisotopic (exact) mass is 290 g/mol. The Kier molecular flexibility index (Phi) is 2.99. The molecule has 6 heteroatoms. The predicted octanol–water partition coefficient (Wildman–Crippen LogP) is 2.86. The van der Waals surface area contributed by atoms with E-state index in [1.54, 1.807) is 36.9 Å². The van der Waals surface area contributed by atoms with Crippen LogP contribution in [0.25, 0.3) is 22.4 Å². The highest BCUT2D eigenvalue weighted by Gasteiger charge is 2.14. The van der Waals surface area contributed by atoms with E-state index in [1.165, 1.54) is 12.5 Å². The van der Waals surface area contributed by atoms with Crippen LogP contribution in [0.3, 0.4) is 0 Å². The van der Waals surface area contributed by atoms with Crippen LogP contribution < -0.4 is 10.2 Å².